The molecule has 3 N–H and O–H groups in total. The van der Waals surface area contributed by atoms with Gasteiger partial charge in [0.15, 0.2) is 12.1 Å². The van der Waals surface area contributed by atoms with Crippen molar-refractivity contribution in [2.24, 2.45) is 0 Å². The minimum atomic E-state index is -0.584. The zero-order valence-electron chi connectivity index (χ0n) is 16.9. The fourth-order valence-corrected chi connectivity index (χ4v) is 5.28. The van der Waals surface area contributed by atoms with Crippen LogP contribution in [0.15, 0.2) is 24.5 Å². The average molecular weight is 461 g/mol. The van der Waals surface area contributed by atoms with Gasteiger partial charge in [-0.1, -0.05) is 23.2 Å². The maximum absolute atomic E-state index is 13.4. The van der Waals surface area contributed by atoms with E-state index < -0.39 is 6.10 Å². The fraction of sp³-hybridized carbons (Fsp3) is 0.381. The van der Waals surface area contributed by atoms with E-state index in [1.54, 1.807) is 18.5 Å². The molecule has 0 spiro atoms. The predicted octanol–water partition coefficient (Wildman–Crippen LogP) is 3.20. The van der Waals surface area contributed by atoms with Gasteiger partial charge in [0.25, 0.3) is 5.91 Å². The molecule has 1 aromatic carbocycles. The lowest BCUT2D eigenvalue weighted by molar-refractivity contribution is -0.147. The van der Waals surface area contributed by atoms with Crippen LogP contribution >= 0.6 is 23.2 Å². The molecule has 2 aliphatic heterocycles. The second kappa shape index (κ2) is 7.85. The third-order valence-electron chi connectivity index (χ3n) is 6.05. The van der Waals surface area contributed by atoms with Crippen molar-refractivity contribution in [3.8, 4) is 0 Å². The summed E-state index contributed by atoms with van der Waals surface area (Å²) in [6.45, 7) is 4.09. The van der Waals surface area contributed by atoms with Gasteiger partial charge < -0.3 is 25.3 Å². The van der Waals surface area contributed by atoms with Crippen molar-refractivity contribution in [2.75, 3.05) is 36.9 Å². The summed E-state index contributed by atoms with van der Waals surface area (Å²) in [6.07, 6.45) is 3.55. The molecule has 31 heavy (non-hydrogen) atoms. The molecule has 2 aromatic heterocycles. The van der Waals surface area contributed by atoms with E-state index in [2.05, 4.69) is 19.9 Å². The molecule has 0 unspecified atom stereocenters. The van der Waals surface area contributed by atoms with E-state index in [1.165, 1.54) is 0 Å². The summed E-state index contributed by atoms with van der Waals surface area (Å²) in [7, 11) is 0. The van der Waals surface area contributed by atoms with E-state index in [-0.39, 0.29) is 11.9 Å². The first-order chi connectivity index (χ1) is 14.9. The maximum atomic E-state index is 13.4. The average Bonchev–Trinajstić information content (AvgIpc) is 3.13. The largest absolute Gasteiger partial charge is 0.369 e. The van der Waals surface area contributed by atoms with Crippen molar-refractivity contribution in [3.05, 3.63) is 45.7 Å². The highest BCUT2D eigenvalue weighted by Crippen LogP contribution is 2.37. The Kier molecular flexibility index (Phi) is 5.16. The number of H-pyrrole nitrogens is 1. The molecule has 5 rings (SSSR count). The van der Waals surface area contributed by atoms with Crippen LogP contribution in [0.3, 0.4) is 0 Å². The Morgan fingerprint density at radius 3 is 2.97 bits per heavy atom. The number of ether oxygens (including phenoxy) is 1. The van der Waals surface area contributed by atoms with Gasteiger partial charge in [-0.05, 0) is 36.6 Å². The van der Waals surface area contributed by atoms with Gasteiger partial charge in [0.1, 0.15) is 5.52 Å². The van der Waals surface area contributed by atoms with E-state index in [9.17, 15) is 4.79 Å². The number of nitrogen functional groups attached to an aromatic ring is 1. The molecule has 1 saturated heterocycles. The van der Waals surface area contributed by atoms with Crippen LogP contribution in [0.5, 0.6) is 0 Å². The zero-order chi connectivity index (χ0) is 21.7. The number of pyridine rings is 1. The molecule has 0 bridgehead atoms. The van der Waals surface area contributed by atoms with Gasteiger partial charge in [-0.15, -0.1) is 0 Å². The molecule has 3 aromatic rings. The number of aromatic nitrogens is 3. The number of hydrogen-bond donors (Lipinski definition) is 2. The molecule has 162 valence electrons. The topological polar surface area (TPSA) is 100 Å². The van der Waals surface area contributed by atoms with Gasteiger partial charge in [0.05, 0.1) is 42.8 Å². The van der Waals surface area contributed by atoms with Crippen molar-refractivity contribution in [1.82, 2.24) is 19.9 Å². The molecule has 8 nitrogen and oxygen atoms in total. The number of aromatic amines is 1. The fourth-order valence-electron chi connectivity index (χ4n) is 4.58. The molecular weight excluding hydrogens is 439 g/mol. The van der Waals surface area contributed by atoms with Crippen molar-refractivity contribution in [3.63, 3.8) is 0 Å². The van der Waals surface area contributed by atoms with Crippen molar-refractivity contribution in [2.45, 2.75) is 25.5 Å². The lowest BCUT2D eigenvalue weighted by Gasteiger charge is -2.40. The predicted molar refractivity (Wildman–Crippen MR) is 121 cm³/mol. The number of anilines is 2. The highest BCUT2D eigenvalue weighted by Gasteiger charge is 2.36. The number of carbonyl (C=O) groups is 1. The van der Waals surface area contributed by atoms with Gasteiger partial charge in [-0.2, -0.15) is 0 Å². The Labute approximate surface area is 189 Å². The smallest absolute Gasteiger partial charge is 0.254 e. The Morgan fingerprint density at radius 2 is 2.13 bits per heavy atom. The number of imidazole rings is 1. The Bertz CT molecular complexity index is 1170. The van der Waals surface area contributed by atoms with E-state index in [4.69, 9.17) is 33.7 Å². The third kappa shape index (κ3) is 3.58. The van der Waals surface area contributed by atoms with Crippen LogP contribution in [-0.4, -0.2) is 58.1 Å². The molecular formula is C21H22Cl2N6O2. The molecule has 10 heteroatoms. The van der Waals surface area contributed by atoms with Crippen LogP contribution in [0.1, 0.15) is 24.1 Å². The SMILES string of the molecule is C[C@H]1c2c(Cl)cc(Cl)cc2CCN1C(=O)[C@H]1CN(c2cncc3nc(N)[nH]c23)CCO1. The molecule has 0 radical (unpaired) electrons. The molecule has 1 amide bonds. The van der Waals surface area contributed by atoms with Crippen molar-refractivity contribution in [1.29, 1.82) is 0 Å². The van der Waals surface area contributed by atoms with Crippen molar-refractivity contribution < 1.29 is 9.53 Å². The molecule has 2 aliphatic rings. The summed E-state index contributed by atoms with van der Waals surface area (Å²) < 4.78 is 5.89. The molecule has 0 aliphatic carbocycles. The summed E-state index contributed by atoms with van der Waals surface area (Å²) >= 11 is 12.6. The number of halogens is 2. The van der Waals surface area contributed by atoms with Crippen LogP contribution in [0.4, 0.5) is 11.6 Å². The maximum Gasteiger partial charge on any atom is 0.254 e. The van der Waals surface area contributed by atoms with Gasteiger partial charge in [0.2, 0.25) is 0 Å². The highest BCUT2D eigenvalue weighted by molar-refractivity contribution is 6.35. The first kappa shape index (κ1) is 20.4. The number of nitrogens with two attached hydrogens (primary N) is 1. The third-order valence-corrected chi connectivity index (χ3v) is 6.58. The monoisotopic (exact) mass is 460 g/mol. The number of rotatable bonds is 2. The van der Waals surface area contributed by atoms with Crippen molar-refractivity contribution >= 4 is 51.8 Å². The van der Waals surface area contributed by atoms with E-state index in [0.29, 0.717) is 54.2 Å². The lowest BCUT2D eigenvalue weighted by Crippen LogP contribution is -2.53. The Morgan fingerprint density at radius 1 is 1.29 bits per heavy atom. The summed E-state index contributed by atoms with van der Waals surface area (Å²) in [5.74, 6) is 0.293. The highest BCUT2D eigenvalue weighted by atomic mass is 35.5. The second-order valence-corrected chi connectivity index (χ2v) is 8.74. The molecule has 1 fully saturated rings. The number of benzene rings is 1. The standard InChI is InChI=1S/C21H22Cl2N6O2/c1-11-18-12(6-13(22)7-14(18)23)2-3-29(11)20(30)17-10-28(4-5-31-17)16-9-25-8-15-19(16)27-21(24)26-15/h6-9,11,17H,2-5,10H2,1H3,(H3,24,26,27)/t11-,17+/m0/s1. The quantitative estimate of drug-likeness (QED) is 0.608. The normalized spacial score (nSPS) is 21.4. The molecule has 2 atom stereocenters. The van der Waals surface area contributed by atoms with Gasteiger partial charge in [-0.25, -0.2) is 4.98 Å². The number of amides is 1. The van der Waals surface area contributed by atoms with Gasteiger partial charge in [0, 0.05) is 23.1 Å². The van der Waals surface area contributed by atoms with Crippen LogP contribution in [0, 0.1) is 0 Å². The van der Waals surface area contributed by atoms with E-state index >= 15 is 0 Å². The van der Waals surface area contributed by atoms with Crippen LogP contribution in [-0.2, 0) is 16.0 Å². The Balaban J connectivity index is 1.38. The minimum Gasteiger partial charge on any atom is -0.369 e. The number of carbonyl (C=O) groups excluding carboxylic acids is 1. The Hall–Kier alpha value is -2.55. The molecule has 4 heterocycles. The number of morpholine rings is 1. The number of nitrogens with zero attached hydrogens (tertiary/aromatic N) is 4. The summed E-state index contributed by atoms with van der Waals surface area (Å²) in [6, 6.07) is 3.51. The summed E-state index contributed by atoms with van der Waals surface area (Å²) in [5, 5.41) is 1.21. The molecule has 0 saturated carbocycles. The number of fused-ring (bicyclic) bond motifs is 2. The van der Waals surface area contributed by atoms with Gasteiger partial charge >= 0.3 is 0 Å². The number of nitrogens with one attached hydrogen (secondary N) is 1. The van der Waals surface area contributed by atoms with E-state index in [0.717, 1.165) is 22.3 Å². The number of hydrogen-bond acceptors (Lipinski definition) is 6. The van der Waals surface area contributed by atoms with Crippen LogP contribution in [0.25, 0.3) is 11.0 Å². The van der Waals surface area contributed by atoms with E-state index in [1.807, 2.05) is 17.9 Å². The first-order valence-corrected chi connectivity index (χ1v) is 10.9. The van der Waals surface area contributed by atoms with Crippen LogP contribution < -0.4 is 10.6 Å². The summed E-state index contributed by atoms with van der Waals surface area (Å²) in [4.78, 5) is 29.0. The summed E-state index contributed by atoms with van der Waals surface area (Å²) in [5.41, 5.74) is 10.2. The second-order valence-electron chi connectivity index (χ2n) is 7.90. The minimum absolute atomic E-state index is 0.0434. The zero-order valence-corrected chi connectivity index (χ0v) is 18.5. The lowest BCUT2D eigenvalue weighted by atomic mass is 9.93. The van der Waals surface area contributed by atoms with Crippen LogP contribution in [0.2, 0.25) is 10.0 Å². The van der Waals surface area contributed by atoms with Gasteiger partial charge in [-0.3, -0.25) is 9.78 Å². The first-order valence-electron chi connectivity index (χ1n) is 10.2.